The molecule has 0 saturated carbocycles. The number of benzene rings is 1. The number of hydrogen-bond acceptors (Lipinski definition) is 1. The van der Waals surface area contributed by atoms with Gasteiger partial charge in [0.1, 0.15) is 11.5 Å². The molecule has 0 unspecified atom stereocenters. The lowest BCUT2D eigenvalue weighted by atomic mass is 10.2. The molecule has 3 rings (SSSR count). The van der Waals surface area contributed by atoms with Gasteiger partial charge in [-0.1, -0.05) is 12.1 Å². The Kier molecular flexibility index (Phi) is 1.90. The van der Waals surface area contributed by atoms with Gasteiger partial charge in [0.05, 0.1) is 11.2 Å². The third kappa shape index (κ3) is 1.12. The maximum absolute atomic E-state index is 13.8. The van der Waals surface area contributed by atoms with Gasteiger partial charge < -0.3 is 9.13 Å². The molecule has 3 nitrogen and oxygen atoms in total. The maximum Gasteiger partial charge on any atom is 0.166 e. The van der Waals surface area contributed by atoms with Crippen molar-refractivity contribution >= 4 is 28.2 Å². The van der Waals surface area contributed by atoms with Crippen LogP contribution in [0, 0.1) is 5.82 Å². The monoisotopic (exact) mass is 230 g/mol. The second-order valence-electron chi connectivity index (χ2n) is 4.18. The zero-order chi connectivity index (χ0) is 12.2. The molecule has 86 valence electrons. The highest BCUT2D eigenvalue weighted by molar-refractivity contribution is 6.09. The van der Waals surface area contributed by atoms with Crippen LogP contribution in [0.3, 0.4) is 0 Å². The van der Waals surface area contributed by atoms with Gasteiger partial charge in [-0.15, -0.1) is 0 Å². The lowest BCUT2D eigenvalue weighted by molar-refractivity contribution is 0.111. The predicted molar refractivity (Wildman–Crippen MR) is 64.7 cm³/mol. The minimum atomic E-state index is -0.242. The van der Waals surface area contributed by atoms with Gasteiger partial charge in [0, 0.05) is 24.9 Å². The zero-order valence-electron chi connectivity index (χ0n) is 9.57. The number of nitrogens with zero attached hydrogens (tertiary/aromatic N) is 2. The second kappa shape index (κ2) is 3.20. The Labute approximate surface area is 97.1 Å². The van der Waals surface area contributed by atoms with E-state index >= 15 is 0 Å². The van der Waals surface area contributed by atoms with Crippen molar-refractivity contribution in [2.24, 2.45) is 14.1 Å². The van der Waals surface area contributed by atoms with Gasteiger partial charge in [0.15, 0.2) is 6.29 Å². The van der Waals surface area contributed by atoms with Crippen LogP contribution in [0.5, 0.6) is 0 Å². The summed E-state index contributed by atoms with van der Waals surface area (Å²) in [5, 5.41) is 1.75. The van der Waals surface area contributed by atoms with Crippen molar-refractivity contribution in [2.75, 3.05) is 0 Å². The molecule has 0 radical (unpaired) electrons. The normalized spacial score (nSPS) is 11.5. The third-order valence-electron chi connectivity index (χ3n) is 3.29. The van der Waals surface area contributed by atoms with E-state index in [1.807, 2.05) is 20.2 Å². The highest BCUT2D eigenvalue weighted by atomic mass is 19.1. The van der Waals surface area contributed by atoms with Gasteiger partial charge in [-0.25, -0.2) is 4.39 Å². The Hall–Kier alpha value is -2.10. The molecule has 0 aliphatic heterocycles. The van der Waals surface area contributed by atoms with E-state index in [1.54, 1.807) is 21.3 Å². The van der Waals surface area contributed by atoms with Crippen molar-refractivity contribution in [3.8, 4) is 0 Å². The minimum Gasteiger partial charge on any atom is -0.328 e. The third-order valence-corrected chi connectivity index (χ3v) is 3.29. The fourth-order valence-electron chi connectivity index (χ4n) is 2.51. The second-order valence-corrected chi connectivity index (χ2v) is 4.18. The lowest BCUT2D eigenvalue weighted by Crippen LogP contribution is -1.99. The van der Waals surface area contributed by atoms with Crippen molar-refractivity contribution in [3.63, 3.8) is 0 Å². The maximum atomic E-state index is 13.8. The van der Waals surface area contributed by atoms with E-state index in [0.717, 1.165) is 22.7 Å². The van der Waals surface area contributed by atoms with Crippen molar-refractivity contribution in [1.82, 2.24) is 9.13 Å². The van der Waals surface area contributed by atoms with Crippen molar-refractivity contribution in [2.45, 2.75) is 0 Å². The Balaban J connectivity index is 2.63. The molecule has 0 spiro atoms. The Morgan fingerprint density at radius 3 is 2.65 bits per heavy atom. The summed E-state index contributed by atoms with van der Waals surface area (Å²) in [6, 6.07) is 6.80. The lowest BCUT2D eigenvalue weighted by Gasteiger charge is -2.02. The van der Waals surface area contributed by atoms with Crippen LogP contribution in [0.1, 0.15) is 10.5 Å². The fourth-order valence-corrected chi connectivity index (χ4v) is 2.51. The first-order valence-corrected chi connectivity index (χ1v) is 5.32. The van der Waals surface area contributed by atoms with Crippen LogP contribution in [-0.4, -0.2) is 15.4 Å². The largest absolute Gasteiger partial charge is 0.328 e. The standard InChI is InChI=1S/C13H11FN2O/c1-15-8(7-17)6-10-9-4-3-5-11(14)12(9)16(2)13(10)15/h3-7H,1-2H3. The summed E-state index contributed by atoms with van der Waals surface area (Å²) in [6.45, 7) is 0. The molecule has 0 amide bonds. The van der Waals surface area contributed by atoms with E-state index in [1.165, 1.54) is 6.07 Å². The number of hydrogen-bond donors (Lipinski definition) is 0. The average molecular weight is 230 g/mol. The molecule has 0 bridgehead atoms. The van der Waals surface area contributed by atoms with E-state index in [-0.39, 0.29) is 5.82 Å². The van der Waals surface area contributed by atoms with Crippen LogP contribution in [-0.2, 0) is 14.1 Å². The first-order valence-electron chi connectivity index (χ1n) is 5.32. The zero-order valence-corrected chi connectivity index (χ0v) is 9.57. The smallest absolute Gasteiger partial charge is 0.166 e. The summed E-state index contributed by atoms with van der Waals surface area (Å²) < 4.78 is 17.3. The molecule has 4 heteroatoms. The number of rotatable bonds is 1. The highest BCUT2D eigenvalue weighted by Crippen LogP contribution is 2.31. The molecule has 0 N–H and O–H groups in total. The molecule has 0 fully saturated rings. The molecule has 2 aromatic heterocycles. The van der Waals surface area contributed by atoms with E-state index < -0.39 is 0 Å². The molecule has 17 heavy (non-hydrogen) atoms. The molecular weight excluding hydrogens is 219 g/mol. The predicted octanol–water partition coefficient (Wildman–Crippen LogP) is 2.62. The van der Waals surface area contributed by atoms with Gasteiger partial charge in [0.25, 0.3) is 0 Å². The quantitative estimate of drug-likeness (QED) is 0.590. The molecule has 0 aliphatic carbocycles. The van der Waals surface area contributed by atoms with Crippen molar-refractivity contribution in [1.29, 1.82) is 0 Å². The van der Waals surface area contributed by atoms with Crippen LogP contribution in [0.25, 0.3) is 21.9 Å². The van der Waals surface area contributed by atoms with Crippen LogP contribution in [0.15, 0.2) is 24.3 Å². The van der Waals surface area contributed by atoms with Gasteiger partial charge in [0.2, 0.25) is 0 Å². The Morgan fingerprint density at radius 2 is 1.94 bits per heavy atom. The summed E-state index contributed by atoms with van der Waals surface area (Å²) in [7, 11) is 3.62. The number of aromatic nitrogens is 2. The van der Waals surface area contributed by atoms with Crippen LogP contribution >= 0.6 is 0 Å². The van der Waals surface area contributed by atoms with Gasteiger partial charge in [-0.05, 0) is 12.1 Å². The van der Waals surface area contributed by atoms with Gasteiger partial charge in [-0.2, -0.15) is 0 Å². The SMILES string of the molecule is Cn1c(C=O)cc2c3cccc(F)c3n(C)c21. The van der Waals surface area contributed by atoms with Crippen molar-refractivity contribution in [3.05, 3.63) is 35.8 Å². The van der Waals surface area contributed by atoms with Gasteiger partial charge >= 0.3 is 0 Å². The van der Waals surface area contributed by atoms with Crippen molar-refractivity contribution < 1.29 is 9.18 Å². The fraction of sp³-hybridized carbons (Fsp3) is 0.154. The van der Waals surface area contributed by atoms with Crippen LogP contribution < -0.4 is 0 Å². The Bertz CT molecular complexity index is 752. The summed E-state index contributed by atoms with van der Waals surface area (Å²) in [4.78, 5) is 10.9. The number of para-hydroxylation sites is 1. The van der Waals surface area contributed by atoms with E-state index in [2.05, 4.69) is 0 Å². The average Bonchev–Trinajstić information content (AvgIpc) is 2.78. The summed E-state index contributed by atoms with van der Waals surface area (Å²) in [5.74, 6) is -0.242. The first kappa shape index (κ1) is 10.1. The van der Waals surface area contributed by atoms with Gasteiger partial charge in [-0.3, -0.25) is 4.79 Å². The van der Waals surface area contributed by atoms with E-state index in [0.29, 0.717) is 11.2 Å². The number of carbonyl (C=O) groups is 1. The summed E-state index contributed by atoms with van der Waals surface area (Å²) in [6.07, 6.45) is 0.811. The topological polar surface area (TPSA) is 26.9 Å². The molecule has 0 saturated heterocycles. The molecule has 3 aromatic rings. The number of aldehydes is 1. The number of halogens is 1. The first-order chi connectivity index (χ1) is 8.15. The van der Waals surface area contributed by atoms with E-state index in [9.17, 15) is 9.18 Å². The number of aryl methyl sites for hydroxylation is 2. The Morgan fingerprint density at radius 1 is 1.18 bits per heavy atom. The summed E-state index contributed by atoms with van der Waals surface area (Å²) in [5.41, 5.74) is 2.02. The highest BCUT2D eigenvalue weighted by Gasteiger charge is 2.16. The number of fused-ring (bicyclic) bond motifs is 3. The van der Waals surface area contributed by atoms with Crippen LogP contribution in [0.4, 0.5) is 4.39 Å². The molecule has 1 aromatic carbocycles. The summed E-state index contributed by atoms with van der Waals surface area (Å²) >= 11 is 0. The molecule has 0 aliphatic rings. The molecule has 2 heterocycles. The minimum absolute atomic E-state index is 0.242. The van der Waals surface area contributed by atoms with Crippen LogP contribution in [0.2, 0.25) is 0 Å². The number of carbonyl (C=O) groups excluding carboxylic acids is 1. The van der Waals surface area contributed by atoms with E-state index in [4.69, 9.17) is 0 Å². The molecular formula is C13H11FN2O. The molecule has 0 atom stereocenters.